The Morgan fingerprint density at radius 3 is 2.82 bits per heavy atom. The van der Waals surface area contributed by atoms with Crippen molar-refractivity contribution >= 4 is 0 Å². The molecule has 0 saturated carbocycles. The summed E-state index contributed by atoms with van der Waals surface area (Å²) in [7, 11) is 0. The minimum Gasteiger partial charge on any atom is -0.381 e. The van der Waals surface area contributed by atoms with E-state index >= 15 is 0 Å². The van der Waals surface area contributed by atoms with Crippen LogP contribution in [-0.4, -0.2) is 32.0 Å². The Balaban J connectivity index is 1.96. The van der Waals surface area contributed by atoms with Crippen LogP contribution in [0.5, 0.6) is 0 Å². The quantitative estimate of drug-likeness (QED) is 0.768. The molecule has 0 radical (unpaired) electrons. The van der Waals surface area contributed by atoms with Crippen LogP contribution in [0, 0.1) is 5.92 Å². The van der Waals surface area contributed by atoms with Crippen molar-refractivity contribution in [3.05, 3.63) is 11.6 Å². The molecule has 2 N–H and O–H groups in total. The average molecular weight is 239 g/mol. The Morgan fingerprint density at radius 2 is 2.12 bits per heavy atom. The maximum atomic E-state index is 6.06. The molecule has 3 heteroatoms. The van der Waals surface area contributed by atoms with Gasteiger partial charge in [-0.05, 0) is 51.5 Å². The zero-order chi connectivity index (χ0) is 12.1. The van der Waals surface area contributed by atoms with Crippen molar-refractivity contribution in [3.63, 3.8) is 0 Å². The molecule has 1 spiro atoms. The number of hydrogen-bond acceptors (Lipinski definition) is 3. The third-order valence-electron chi connectivity index (χ3n) is 4.17. The molecule has 0 aliphatic carbocycles. The molecule has 0 aromatic rings. The van der Waals surface area contributed by atoms with Gasteiger partial charge in [0.25, 0.3) is 0 Å². The summed E-state index contributed by atoms with van der Waals surface area (Å²) in [6.07, 6.45) is 7.77. The SMILES string of the molecule is CC(=CCCN)C1CCOC2(CCOCC2)C1. The molecule has 0 aromatic heterocycles. The van der Waals surface area contributed by atoms with Gasteiger partial charge >= 0.3 is 0 Å². The van der Waals surface area contributed by atoms with E-state index in [4.69, 9.17) is 15.2 Å². The molecular formula is C14H25NO2. The zero-order valence-electron chi connectivity index (χ0n) is 10.9. The number of rotatable bonds is 3. The van der Waals surface area contributed by atoms with Crippen molar-refractivity contribution in [1.29, 1.82) is 0 Å². The first kappa shape index (κ1) is 13.1. The van der Waals surface area contributed by atoms with E-state index in [1.807, 2.05) is 0 Å². The summed E-state index contributed by atoms with van der Waals surface area (Å²) >= 11 is 0. The van der Waals surface area contributed by atoms with Gasteiger partial charge in [0.05, 0.1) is 5.60 Å². The molecule has 0 amide bonds. The first-order valence-corrected chi connectivity index (χ1v) is 6.84. The first-order valence-electron chi connectivity index (χ1n) is 6.84. The molecular weight excluding hydrogens is 214 g/mol. The Kier molecular flexibility index (Phi) is 4.60. The minimum absolute atomic E-state index is 0.110. The van der Waals surface area contributed by atoms with Gasteiger partial charge < -0.3 is 15.2 Å². The molecule has 3 nitrogen and oxygen atoms in total. The van der Waals surface area contributed by atoms with Crippen molar-refractivity contribution < 1.29 is 9.47 Å². The van der Waals surface area contributed by atoms with Crippen LogP contribution >= 0.6 is 0 Å². The number of allylic oxidation sites excluding steroid dienone is 1. The topological polar surface area (TPSA) is 44.5 Å². The van der Waals surface area contributed by atoms with Crippen LogP contribution < -0.4 is 5.73 Å². The van der Waals surface area contributed by atoms with Crippen LogP contribution in [-0.2, 0) is 9.47 Å². The van der Waals surface area contributed by atoms with Crippen LogP contribution in [0.25, 0.3) is 0 Å². The lowest BCUT2D eigenvalue weighted by atomic mass is 9.78. The van der Waals surface area contributed by atoms with Crippen LogP contribution in [0.1, 0.15) is 39.0 Å². The monoisotopic (exact) mass is 239 g/mol. The maximum absolute atomic E-state index is 6.06. The van der Waals surface area contributed by atoms with Gasteiger partial charge in [-0.25, -0.2) is 0 Å². The second kappa shape index (κ2) is 5.98. The summed E-state index contributed by atoms with van der Waals surface area (Å²) in [4.78, 5) is 0. The van der Waals surface area contributed by atoms with E-state index in [-0.39, 0.29) is 5.60 Å². The summed E-state index contributed by atoms with van der Waals surface area (Å²) in [6.45, 7) is 5.62. The van der Waals surface area contributed by atoms with Crippen molar-refractivity contribution in [2.45, 2.75) is 44.6 Å². The van der Waals surface area contributed by atoms with E-state index in [0.29, 0.717) is 5.92 Å². The van der Waals surface area contributed by atoms with Crippen LogP contribution in [0.4, 0.5) is 0 Å². The van der Waals surface area contributed by atoms with Crippen LogP contribution in [0.3, 0.4) is 0 Å². The van der Waals surface area contributed by atoms with E-state index in [1.54, 1.807) is 0 Å². The Morgan fingerprint density at radius 1 is 1.35 bits per heavy atom. The zero-order valence-corrected chi connectivity index (χ0v) is 10.9. The molecule has 0 aromatic carbocycles. The second-order valence-electron chi connectivity index (χ2n) is 5.36. The molecule has 2 saturated heterocycles. The second-order valence-corrected chi connectivity index (χ2v) is 5.36. The highest BCUT2D eigenvalue weighted by atomic mass is 16.5. The normalized spacial score (nSPS) is 29.5. The summed E-state index contributed by atoms with van der Waals surface area (Å²) in [5.74, 6) is 0.688. The largest absolute Gasteiger partial charge is 0.381 e. The van der Waals surface area contributed by atoms with Crippen molar-refractivity contribution in [2.24, 2.45) is 11.7 Å². The average Bonchev–Trinajstić information content (AvgIpc) is 2.37. The summed E-state index contributed by atoms with van der Waals surface area (Å²) in [6, 6.07) is 0. The summed E-state index contributed by atoms with van der Waals surface area (Å²) in [5, 5.41) is 0. The van der Waals surface area contributed by atoms with Gasteiger partial charge in [-0.15, -0.1) is 0 Å². The van der Waals surface area contributed by atoms with E-state index in [9.17, 15) is 0 Å². The molecule has 2 aliphatic heterocycles. The molecule has 0 bridgehead atoms. The molecule has 17 heavy (non-hydrogen) atoms. The van der Waals surface area contributed by atoms with Gasteiger partial charge in [0, 0.05) is 19.8 Å². The molecule has 2 aliphatic rings. The standard InChI is InChI=1S/C14H25NO2/c1-12(3-2-7-15)13-4-8-17-14(11-13)5-9-16-10-6-14/h3,13H,2,4-11,15H2,1H3. The molecule has 2 heterocycles. The molecule has 2 fully saturated rings. The van der Waals surface area contributed by atoms with Crippen molar-refractivity contribution in [1.82, 2.24) is 0 Å². The van der Waals surface area contributed by atoms with Gasteiger partial charge in [-0.3, -0.25) is 0 Å². The molecule has 1 atom stereocenters. The molecule has 1 unspecified atom stereocenters. The smallest absolute Gasteiger partial charge is 0.0732 e. The highest BCUT2D eigenvalue weighted by Crippen LogP contribution is 2.39. The maximum Gasteiger partial charge on any atom is 0.0732 e. The number of hydrogen-bond donors (Lipinski definition) is 1. The number of ether oxygens (including phenoxy) is 2. The minimum atomic E-state index is 0.110. The Labute approximate surface area is 104 Å². The lowest BCUT2D eigenvalue weighted by Crippen LogP contribution is -2.44. The fourth-order valence-corrected chi connectivity index (χ4v) is 2.99. The van der Waals surface area contributed by atoms with Gasteiger partial charge in [0.15, 0.2) is 0 Å². The predicted octanol–water partition coefficient (Wildman–Crippen LogP) is 2.26. The fourth-order valence-electron chi connectivity index (χ4n) is 2.99. The highest BCUT2D eigenvalue weighted by molar-refractivity contribution is 5.07. The predicted molar refractivity (Wildman–Crippen MR) is 68.9 cm³/mol. The van der Waals surface area contributed by atoms with Gasteiger partial charge in [-0.2, -0.15) is 0 Å². The lowest BCUT2D eigenvalue weighted by molar-refractivity contribution is -0.143. The third-order valence-corrected chi connectivity index (χ3v) is 4.17. The van der Waals surface area contributed by atoms with Crippen molar-refractivity contribution in [2.75, 3.05) is 26.4 Å². The summed E-state index contributed by atoms with van der Waals surface area (Å²) in [5.41, 5.74) is 7.17. The van der Waals surface area contributed by atoms with Crippen LogP contribution in [0.2, 0.25) is 0 Å². The van der Waals surface area contributed by atoms with Gasteiger partial charge in [-0.1, -0.05) is 11.6 Å². The third kappa shape index (κ3) is 3.30. The Hall–Kier alpha value is -0.380. The van der Waals surface area contributed by atoms with Gasteiger partial charge in [0.2, 0.25) is 0 Å². The lowest BCUT2D eigenvalue weighted by Gasteiger charge is -2.43. The van der Waals surface area contributed by atoms with E-state index in [0.717, 1.165) is 52.0 Å². The molecule has 98 valence electrons. The molecule has 2 rings (SSSR count). The Bertz CT molecular complexity index is 264. The number of nitrogens with two attached hydrogens (primary N) is 1. The van der Waals surface area contributed by atoms with Crippen molar-refractivity contribution in [3.8, 4) is 0 Å². The van der Waals surface area contributed by atoms with Crippen LogP contribution in [0.15, 0.2) is 11.6 Å². The van der Waals surface area contributed by atoms with E-state index < -0.39 is 0 Å². The first-order chi connectivity index (χ1) is 8.26. The van der Waals surface area contributed by atoms with E-state index in [2.05, 4.69) is 13.0 Å². The fraction of sp³-hybridized carbons (Fsp3) is 0.857. The van der Waals surface area contributed by atoms with Gasteiger partial charge in [0.1, 0.15) is 0 Å². The highest BCUT2D eigenvalue weighted by Gasteiger charge is 2.39. The summed E-state index contributed by atoms with van der Waals surface area (Å²) < 4.78 is 11.5. The van der Waals surface area contributed by atoms with E-state index in [1.165, 1.54) is 12.0 Å².